The molecule has 11 aromatic carbocycles. The molecule has 0 aliphatic carbocycles. The molecule has 0 fully saturated rings. The number of nitrogens with zero attached hydrogens (tertiary/aromatic N) is 2. The van der Waals surface area contributed by atoms with Crippen LogP contribution in [0, 0.1) is 0 Å². The Kier molecular flexibility index (Phi) is 7.69. The lowest BCUT2D eigenvalue weighted by Gasteiger charge is -2.26. The van der Waals surface area contributed by atoms with Crippen molar-refractivity contribution >= 4 is 143 Å². The summed E-state index contributed by atoms with van der Waals surface area (Å²) in [7, 11) is 0. The monoisotopic (exact) mass is 872 g/mol. The average molecular weight is 873 g/mol. The van der Waals surface area contributed by atoms with Crippen molar-refractivity contribution in [3.05, 3.63) is 218 Å². The molecule has 0 radical (unpaired) electrons. The Hall–Kier alpha value is -9.26. The molecular formula is C62H36N2O4. The lowest BCUT2D eigenvalue weighted by Crippen LogP contribution is -2.09. The summed E-state index contributed by atoms with van der Waals surface area (Å²) in [6.45, 7) is 0. The number of para-hydroxylation sites is 4. The summed E-state index contributed by atoms with van der Waals surface area (Å²) in [5, 5.41) is 13.0. The van der Waals surface area contributed by atoms with Gasteiger partial charge in [-0.25, -0.2) is 0 Å². The molecule has 0 atom stereocenters. The topological polar surface area (TPSA) is 59.0 Å². The molecule has 4 heterocycles. The molecule has 6 heteroatoms. The number of anilines is 6. The van der Waals surface area contributed by atoms with Gasteiger partial charge in [0, 0.05) is 77.2 Å². The van der Waals surface area contributed by atoms with E-state index in [1.54, 1.807) is 0 Å². The first-order valence-corrected chi connectivity index (χ1v) is 22.9. The third-order valence-electron chi connectivity index (χ3n) is 13.7. The zero-order valence-corrected chi connectivity index (χ0v) is 36.3. The molecule has 0 saturated carbocycles. The predicted molar refractivity (Wildman–Crippen MR) is 280 cm³/mol. The van der Waals surface area contributed by atoms with Gasteiger partial charge in [0.25, 0.3) is 0 Å². The van der Waals surface area contributed by atoms with E-state index in [2.05, 4.69) is 192 Å². The van der Waals surface area contributed by atoms with E-state index in [4.69, 9.17) is 17.7 Å². The second-order valence-electron chi connectivity index (χ2n) is 17.7. The molecule has 15 aromatic rings. The summed E-state index contributed by atoms with van der Waals surface area (Å²) in [6.07, 6.45) is 0. The maximum atomic E-state index is 6.72. The van der Waals surface area contributed by atoms with E-state index in [-0.39, 0.29) is 0 Å². The van der Waals surface area contributed by atoms with Gasteiger partial charge in [-0.1, -0.05) is 84.9 Å². The molecule has 0 bridgehead atoms. The van der Waals surface area contributed by atoms with Crippen LogP contribution in [0.5, 0.6) is 0 Å². The first kappa shape index (κ1) is 37.0. The molecule has 0 spiro atoms. The Bertz CT molecular complexity index is 4230. The Morgan fingerprint density at radius 1 is 0.206 bits per heavy atom. The first-order valence-electron chi connectivity index (χ1n) is 22.9. The van der Waals surface area contributed by atoms with E-state index in [0.29, 0.717) is 0 Å². The third kappa shape index (κ3) is 5.58. The highest BCUT2D eigenvalue weighted by atomic mass is 16.3. The molecule has 0 aliphatic rings. The van der Waals surface area contributed by atoms with E-state index >= 15 is 0 Å². The largest absolute Gasteiger partial charge is 0.456 e. The lowest BCUT2D eigenvalue weighted by molar-refractivity contribution is 0.663. The van der Waals surface area contributed by atoms with Crippen LogP contribution in [0.25, 0.3) is 109 Å². The Balaban J connectivity index is 0.850. The van der Waals surface area contributed by atoms with Gasteiger partial charge in [0.15, 0.2) is 0 Å². The van der Waals surface area contributed by atoms with E-state index in [1.165, 1.54) is 0 Å². The van der Waals surface area contributed by atoms with Crippen LogP contribution < -0.4 is 9.80 Å². The lowest BCUT2D eigenvalue weighted by atomic mass is 10.0. The number of rotatable bonds is 6. The molecule has 68 heavy (non-hydrogen) atoms. The first-order chi connectivity index (χ1) is 33.6. The molecule has 0 N–H and O–H groups in total. The summed E-state index contributed by atoms with van der Waals surface area (Å²) in [5.41, 5.74) is 13.1. The molecule has 318 valence electrons. The van der Waals surface area contributed by atoms with Crippen LogP contribution in [0.2, 0.25) is 0 Å². The van der Waals surface area contributed by atoms with Crippen molar-refractivity contribution in [1.82, 2.24) is 0 Å². The summed E-state index contributed by atoms with van der Waals surface area (Å²) in [4.78, 5) is 4.61. The van der Waals surface area contributed by atoms with Crippen molar-refractivity contribution in [2.24, 2.45) is 0 Å². The van der Waals surface area contributed by atoms with Crippen molar-refractivity contribution in [3.63, 3.8) is 0 Å². The minimum Gasteiger partial charge on any atom is -0.456 e. The average Bonchev–Trinajstić information content (AvgIpc) is 4.15. The van der Waals surface area contributed by atoms with Gasteiger partial charge < -0.3 is 27.5 Å². The fraction of sp³-hybridized carbons (Fsp3) is 0. The SMILES string of the molecule is c1ccc(N(c2ccc3cc4c(cc3c2)oc2ccc3oc5cc6cc(N(c7ccccc7)c7ccc8oc9ccccc9c8c7)ccc6cc5c3c24)c2ccc3oc4ccccc4c3c2)cc1. The fourth-order valence-electron chi connectivity index (χ4n) is 10.6. The van der Waals surface area contributed by atoms with Crippen LogP contribution in [0.4, 0.5) is 34.1 Å². The van der Waals surface area contributed by atoms with Crippen molar-refractivity contribution in [3.8, 4) is 0 Å². The molecule has 0 aliphatic heterocycles. The Labute approximate surface area is 387 Å². The van der Waals surface area contributed by atoms with Crippen molar-refractivity contribution in [2.75, 3.05) is 9.80 Å². The minimum absolute atomic E-state index is 0.827. The zero-order valence-electron chi connectivity index (χ0n) is 36.3. The highest BCUT2D eigenvalue weighted by Crippen LogP contribution is 2.46. The number of hydrogen-bond acceptors (Lipinski definition) is 6. The third-order valence-corrected chi connectivity index (χ3v) is 13.7. The van der Waals surface area contributed by atoms with E-state index in [0.717, 1.165) is 143 Å². The van der Waals surface area contributed by atoms with Gasteiger partial charge in [-0.3, -0.25) is 0 Å². The molecule has 0 unspecified atom stereocenters. The van der Waals surface area contributed by atoms with Gasteiger partial charge in [-0.05, 0) is 155 Å². The van der Waals surface area contributed by atoms with Crippen LogP contribution in [0.15, 0.2) is 236 Å². The predicted octanol–water partition coefficient (Wildman–Crippen LogP) is 18.5. The van der Waals surface area contributed by atoms with Gasteiger partial charge >= 0.3 is 0 Å². The van der Waals surface area contributed by atoms with Crippen LogP contribution >= 0.6 is 0 Å². The number of furan rings is 4. The molecule has 0 amide bonds. The number of fused-ring (bicyclic) bond motifs is 15. The van der Waals surface area contributed by atoms with Crippen LogP contribution in [-0.4, -0.2) is 0 Å². The van der Waals surface area contributed by atoms with E-state index in [1.807, 2.05) is 36.4 Å². The van der Waals surface area contributed by atoms with Crippen LogP contribution in [0.1, 0.15) is 0 Å². The summed E-state index contributed by atoms with van der Waals surface area (Å²) in [6, 6.07) is 76.7. The van der Waals surface area contributed by atoms with Gasteiger partial charge in [0.1, 0.15) is 44.7 Å². The highest BCUT2D eigenvalue weighted by Gasteiger charge is 2.21. The number of hydrogen-bond donors (Lipinski definition) is 0. The fourth-order valence-corrected chi connectivity index (χ4v) is 10.6. The smallest absolute Gasteiger partial charge is 0.136 e. The van der Waals surface area contributed by atoms with Gasteiger partial charge in [-0.15, -0.1) is 0 Å². The van der Waals surface area contributed by atoms with Gasteiger partial charge in [-0.2, -0.15) is 0 Å². The van der Waals surface area contributed by atoms with Crippen molar-refractivity contribution in [1.29, 1.82) is 0 Å². The minimum atomic E-state index is 0.827. The van der Waals surface area contributed by atoms with Crippen LogP contribution in [0.3, 0.4) is 0 Å². The molecule has 15 rings (SSSR count). The van der Waals surface area contributed by atoms with E-state index < -0.39 is 0 Å². The molecule has 6 nitrogen and oxygen atoms in total. The second-order valence-corrected chi connectivity index (χ2v) is 17.7. The second kappa shape index (κ2) is 14.1. The quantitative estimate of drug-likeness (QED) is 0.166. The van der Waals surface area contributed by atoms with Crippen molar-refractivity contribution < 1.29 is 17.7 Å². The molecule has 4 aromatic heterocycles. The standard InChI is InChI=1S/C62H36N2O4/c1-3-11-41(12-4-1)63(45-23-25-55-49(35-45)47-15-7-9-17-53(47)65-55)43-21-19-37-31-51-59(33-39(37)29-43)67-57-27-28-58-62(61(51)57)52-32-38-20-22-44(30-40(38)34-60(52)68-58)64(42-13-5-2-6-14-42)46-24-26-56-50(36-46)48-16-8-10-18-54(48)66-56/h1-36H. The summed E-state index contributed by atoms with van der Waals surface area (Å²) in [5.74, 6) is 0. The maximum Gasteiger partial charge on any atom is 0.136 e. The van der Waals surface area contributed by atoms with Crippen molar-refractivity contribution in [2.45, 2.75) is 0 Å². The molecule has 0 saturated heterocycles. The summed E-state index contributed by atoms with van der Waals surface area (Å²) < 4.78 is 25.8. The normalized spacial score (nSPS) is 12.1. The Morgan fingerprint density at radius 2 is 0.574 bits per heavy atom. The van der Waals surface area contributed by atoms with E-state index in [9.17, 15) is 0 Å². The molecular weight excluding hydrogens is 837 g/mol. The maximum absolute atomic E-state index is 6.72. The Morgan fingerprint density at radius 3 is 1.04 bits per heavy atom. The summed E-state index contributed by atoms with van der Waals surface area (Å²) >= 11 is 0. The van der Waals surface area contributed by atoms with Crippen LogP contribution in [-0.2, 0) is 0 Å². The van der Waals surface area contributed by atoms with Gasteiger partial charge in [0.2, 0.25) is 0 Å². The highest BCUT2D eigenvalue weighted by molar-refractivity contribution is 6.28. The zero-order chi connectivity index (χ0) is 44.5. The number of benzene rings is 11. The van der Waals surface area contributed by atoms with Gasteiger partial charge in [0.05, 0.1) is 0 Å².